The van der Waals surface area contributed by atoms with Gasteiger partial charge in [-0.3, -0.25) is 4.79 Å². The van der Waals surface area contributed by atoms with E-state index in [2.05, 4.69) is 0 Å². The van der Waals surface area contributed by atoms with Crippen LogP contribution in [-0.2, 0) is 0 Å². The molecule has 0 spiro atoms. The number of hydrogen-bond acceptors (Lipinski definition) is 3. The average molecular weight is 286 g/mol. The Morgan fingerprint density at radius 2 is 1.90 bits per heavy atom. The molecule has 100 valence electrons. The fourth-order valence-corrected chi connectivity index (χ4v) is 2.05. The van der Waals surface area contributed by atoms with Crippen LogP contribution < -0.4 is 10.6 Å². The summed E-state index contributed by atoms with van der Waals surface area (Å²) in [6.07, 6.45) is 0. The lowest BCUT2D eigenvalue weighted by Crippen LogP contribution is -2.26. The number of anilines is 2. The number of carbonyl (C=O) groups is 1. The second kappa shape index (κ2) is 5.64. The number of amides is 1. The molecule has 2 aromatic rings. The summed E-state index contributed by atoms with van der Waals surface area (Å²) in [6, 6.07) is 13.5. The molecule has 0 aliphatic carbocycles. The van der Waals surface area contributed by atoms with Gasteiger partial charge in [0.05, 0.1) is 11.6 Å². The standard InChI is InChI=1S/C15H12ClN3O/c1-19(14-4-2-10(9-17)3-5-14)15(20)11-6-12(16)8-13(18)7-11/h2-8H,18H2,1H3. The van der Waals surface area contributed by atoms with Crippen LogP contribution in [0.25, 0.3) is 0 Å². The smallest absolute Gasteiger partial charge is 0.258 e. The maximum absolute atomic E-state index is 12.4. The first-order valence-electron chi connectivity index (χ1n) is 5.85. The van der Waals surface area contributed by atoms with Crippen molar-refractivity contribution in [3.63, 3.8) is 0 Å². The van der Waals surface area contributed by atoms with Gasteiger partial charge in [-0.15, -0.1) is 0 Å². The first kappa shape index (κ1) is 13.9. The first-order valence-corrected chi connectivity index (χ1v) is 6.23. The van der Waals surface area contributed by atoms with Crippen LogP contribution in [0.3, 0.4) is 0 Å². The molecular weight excluding hydrogens is 274 g/mol. The highest BCUT2D eigenvalue weighted by Gasteiger charge is 2.14. The molecule has 0 heterocycles. The number of hydrogen-bond donors (Lipinski definition) is 1. The molecule has 0 radical (unpaired) electrons. The van der Waals surface area contributed by atoms with Crippen LogP contribution >= 0.6 is 11.6 Å². The SMILES string of the molecule is CN(C(=O)c1cc(N)cc(Cl)c1)c1ccc(C#N)cc1. The number of nitrogens with zero attached hydrogens (tertiary/aromatic N) is 2. The zero-order valence-corrected chi connectivity index (χ0v) is 11.6. The number of halogens is 1. The van der Waals surface area contributed by atoms with E-state index in [1.165, 1.54) is 4.90 Å². The van der Waals surface area contributed by atoms with Gasteiger partial charge >= 0.3 is 0 Å². The van der Waals surface area contributed by atoms with E-state index in [4.69, 9.17) is 22.6 Å². The predicted molar refractivity (Wildman–Crippen MR) is 79.8 cm³/mol. The second-order valence-corrected chi connectivity index (χ2v) is 4.73. The van der Waals surface area contributed by atoms with E-state index in [1.807, 2.05) is 6.07 Å². The van der Waals surface area contributed by atoms with Crippen molar-refractivity contribution in [3.05, 3.63) is 58.6 Å². The zero-order valence-electron chi connectivity index (χ0n) is 10.8. The topological polar surface area (TPSA) is 70.1 Å². The molecule has 0 fully saturated rings. The summed E-state index contributed by atoms with van der Waals surface area (Å²) in [5, 5.41) is 9.17. The Bertz CT molecular complexity index is 669. The minimum absolute atomic E-state index is 0.219. The van der Waals surface area contributed by atoms with Gasteiger partial charge in [-0.1, -0.05) is 11.6 Å². The van der Waals surface area contributed by atoms with Gasteiger partial charge in [0.2, 0.25) is 0 Å². The molecule has 0 bridgehead atoms. The Morgan fingerprint density at radius 1 is 1.25 bits per heavy atom. The molecule has 0 saturated heterocycles. The number of benzene rings is 2. The monoisotopic (exact) mass is 285 g/mol. The van der Waals surface area contributed by atoms with Crippen molar-refractivity contribution in [2.45, 2.75) is 0 Å². The lowest BCUT2D eigenvalue weighted by Gasteiger charge is -2.17. The van der Waals surface area contributed by atoms with E-state index >= 15 is 0 Å². The van der Waals surface area contributed by atoms with Crippen molar-refractivity contribution < 1.29 is 4.79 Å². The largest absolute Gasteiger partial charge is 0.399 e. The molecule has 2 N–H and O–H groups in total. The molecule has 0 atom stereocenters. The van der Waals surface area contributed by atoms with Gasteiger partial charge in [-0.2, -0.15) is 5.26 Å². The molecule has 0 aliphatic heterocycles. The molecule has 0 aromatic heterocycles. The van der Waals surface area contributed by atoms with Crippen LogP contribution in [0.5, 0.6) is 0 Å². The van der Waals surface area contributed by atoms with E-state index in [0.717, 1.165) is 0 Å². The van der Waals surface area contributed by atoms with Crippen molar-refractivity contribution in [1.29, 1.82) is 5.26 Å². The minimum atomic E-state index is -0.219. The highest BCUT2D eigenvalue weighted by atomic mass is 35.5. The Morgan fingerprint density at radius 3 is 2.45 bits per heavy atom. The van der Waals surface area contributed by atoms with Crippen LogP contribution in [-0.4, -0.2) is 13.0 Å². The van der Waals surface area contributed by atoms with Crippen LogP contribution in [0.4, 0.5) is 11.4 Å². The summed E-state index contributed by atoms with van der Waals surface area (Å²) in [7, 11) is 1.65. The summed E-state index contributed by atoms with van der Waals surface area (Å²) in [6.45, 7) is 0. The average Bonchev–Trinajstić information content (AvgIpc) is 2.45. The Labute approximate surface area is 122 Å². The van der Waals surface area contributed by atoms with Crippen molar-refractivity contribution in [3.8, 4) is 6.07 Å². The van der Waals surface area contributed by atoms with Gasteiger partial charge in [0, 0.05) is 29.0 Å². The number of carbonyl (C=O) groups excluding carboxylic acids is 1. The van der Waals surface area contributed by atoms with Crippen LogP contribution in [0, 0.1) is 11.3 Å². The molecule has 5 heteroatoms. The molecule has 1 amide bonds. The quantitative estimate of drug-likeness (QED) is 0.862. The number of nitrogen functional groups attached to an aromatic ring is 1. The fourth-order valence-electron chi connectivity index (χ4n) is 1.81. The summed E-state index contributed by atoms with van der Waals surface area (Å²) in [4.78, 5) is 13.8. The highest BCUT2D eigenvalue weighted by molar-refractivity contribution is 6.31. The van der Waals surface area contributed by atoms with E-state index in [0.29, 0.717) is 27.5 Å². The summed E-state index contributed by atoms with van der Waals surface area (Å²) in [5.41, 5.74) is 7.77. The van der Waals surface area contributed by atoms with E-state index < -0.39 is 0 Å². The molecular formula is C15H12ClN3O. The van der Waals surface area contributed by atoms with Crippen molar-refractivity contribution in [2.75, 3.05) is 17.7 Å². The van der Waals surface area contributed by atoms with E-state index in [9.17, 15) is 4.79 Å². The third-order valence-electron chi connectivity index (χ3n) is 2.86. The summed E-state index contributed by atoms with van der Waals surface area (Å²) >= 11 is 5.90. The van der Waals surface area contributed by atoms with Crippen molar-refractivity contribution in [2.24, 2.45) is 0 Å². The van der Waals surface area contributed by atoms with Crippen LogP contribution in [0.2, 0.25) is 5.02 Å². The van der Waals surface area contributed by atoms with Gasteiger partial charge in [-0.25, -0.2) is 0 Å². The zero-order chi connectivity index (χ0) is 14.7. The van der Waals surface area contributed by atoms with Gasteiger partial charge in [0.1, 0.15) is 0 Å². The predicted octanol–water partition coefficient (Wildman–Crippen LogP) is 3.07. The van der Waals surface area contributed by atoms with Crippen LogP contribution in [0.1, 0.15) is 15.9 Å². The Hall–Kier alpha value is -2.51. The molecule has 0 saturated carbocycles. The van der Waals surface area contributed by atoms with Gasteiger partial charge in [0.15, 0.2) is 0 Å². The maximum atomic E-state index is 12.4. The first-order chi connectivity index (χ1) is 9.51. The Kier molecular flexibility index (Phi) is 3.92. The maximum Gasteiger partial charge on any atom is 0.258 e. The van der Waals surface area contributed by atoms with Gasteiger partial charge < -0.3 is 10.6 Å². The van der Waals surface area contributed by atoms with E-state index in [-0.39, 0.29) is 5.91 Å². The molecule has 20 heavy (non-hydrogen) atoms. The lowest BCUT2D eigenvalue weighted by molar-refractivity contribution is 0.0993. The highest BCUT2D eigenvalue weighted by Crippen LogP contribution is 2.21. The molecule has 4 nitrogen and oxygen atoms in total. The van der Waals surface area contributed by atoms with Crippen LogP contribution in [0.15, 0.2) is 42.5 Å². The molecule has 2 rings (SSSR count). The number of rotatable bonds is 2. The lowest BCUT2D eigenvalue weighted by atomic mass is 10.1. The van der Waals surface area contributed by atoms with Crippen molar-refractivity contribution in [1.82, 2.24) is 0 Å². The molecule has 2 aromatic carbocycles. The molecule has 0 unspecified atom stereocenters. The number of nitriles is 1. The van der Waals surface area contributed by atoms with Gasteiger partial charge in [0.25, 0.3) is 5.91 Å². The second-order valence-electron chi connectivity index (χ2n) is 4.30. The van der Waals surface area contributed by atoms with Gasteiger partial charge in [-0.05, 0) is 42.5 Å². The van der Waals surface area contributed by atoms with E-state index in [1.54, 1.807) is 49.5 Å². The Balaban J connectivity index is 2.29. The summed E-state index contributed by atoms with van der Waals surface area (Å²) in [5.74, 6) is -0.219. The molecule has 0 aliphatic rings. The normalized spacial score (nSPS) is 9.85. The minimum Gasteiger partial charge on any atom is -0.399 e. The number of nitrogens with two attached hydrogens (primary N) is 1. The fraction of sp³-hybridized carbons (Fsp3) is 0.0667. The third-order valence-corrected chi connectivity index (χ3v) is 3.07. The van der Waals surface area contributed by atoms with Crippen molar-refractivity contribution >= 4 is 28.9 Å². The third kappa shape index (κ3) is 2.90. The summed E-state index contributed by atoms with van der Waals surface area (Å²) < 4.78 is 0.